The van der Waals surface area contributed by atoms with Crippen molar-refractivity contribution in [1.82, 2.24) is 40.5 Å². The Balaban J connectivity index is 1.11. The largest absolute Gasteiger partial charge is 0.453 e. The van der Waals surface area contributed by atoms with Gasteiger partial charge in [0.15, 0.2) is 0 Å². The number of methoxy groups -OCH3 is 2. The molecule has 46 heavy (non-hydrogen) atoms. The number of H-pyrrole nitrogens is 2. The highest BCUT2D eigenvalue weighted by Gasteiger charge is 2.38. The molecule has 0 saturated carbocycles. The number of alkyl carbamates (subject to hydrolysis) is 1. The summed E-state index contributed by atoms with van der Waals surface area (Å²) in [7, 11) is 2.77. The summed E-state index contributed by atoms with van der Waals surface area (Å²) < 4.78 is 10.1. The lowest BCUT2D eigenvalue weighted by Crippen LogP contribution is -2.54. The van der Waals surface area contributed by atoms with E-state index in [1.807, 2.05) is 12.3 Å². The standard InChI is InChI=1S/C34H38N8O4/c1-19(45-2)30(41-34(44)46-3)33(43)42-13-5-7-29(42)32-38-26-16-25(36-18-28(26)40-32)22-10-8-21-15-23(11-9-20(21)14-22)27-17-37-31(39-27)24-6-4-12-35-24/h8-11,14-19,24,29-30,35H,4-7,12-13H2,1-3H3,(H,37,39)(H,38,40)(H,41,44)/t19-,24+,29+,30+/m1/s1. The number of carbonyl (C=O) groups is 2. The predicted octanol–water partition coefficient (Wildman–Crippen LogP) is 5.02. The number of aromatic nitrogens is 5. The maximum absolute atomic E-state index is 13.6. The molecule has 4 atom stereocenters. The summed E-state index contributed by atoms with van der Waals surface area (Å²) in [6.07, 6.45) is 6.32. The van der Waals surface area contributed by atoms with Gasteiger partial charge in [0, 0.05) is 24.8 Å². The van der Waals surface area contributed by atoms with Gasteiger partial charge in [0.2, 0.25) is 5.91 Å². The highest BCUT2D eigenvalue weighted by Crippen LogP contribution is 2.34. The van der Waals surface area contributed by atoms with Crippen LogP contribution in [0.25, 0.3) is 44.3 Å². The van der Waals surface area contributed by atoms with Gasteiger partial charge >= 0.3 is 6.09 Å². The number of amides is 2. The van der Waals surface area contributed by atoms with E-state index in [-0.39, 0.29) is 11.9 Å². The minimum absolute atomic E-state index is 0.236. The molecule has 2 fully saturated rings. The number of rotatable bonds is 8. The number of aromatic amines is 2. The first-order valence-corrected chi connectivity index (χ1v) is 15.8. The lowest BCUT2D eigenvalue weighted by atomic mass is 10.0. The van der Waals surface area contributed by atoms with Crippen LogP contribution in [0.15, 0.2) is 54.9 Å². The molecule has 2 amide bonds. The van der Waals surface area contributed by atoms with Gasteiger partial charge in [0.25, 0.3) is 0 Å². The Hall–Kier alpha value is -4.81. The lowest BCUT2D eigenvalue weighted by Gasteiger charge is -2.30. The Kier molecular flexibility index (Phi) is 8.14. The maximum atomic E-state index is 13.6. The third-order valence-corrected chi connectivity index (χ3v) is 9.24. The zero-order chi connectivity index (χ0) is 31.8. The molecule has 0 radical (unpaired) electrons. The Morgan fingerprint density at radius 3 is 2.52 bits per heavy atom. The predicted molar refractivity (Wildman–Crippen MR) is 174 cm³/mol. The first-order chi connectivity index (χ1) is 22.4. The molecular formula is C34H38N8O4. The molecule has 12 heteroatoms. The van der Waals surface area contributed by atoms with E-state index in [1.54, 1.807) is 18.0 Å². The molecule has 2 aliphatic heterocycles. The fourth-order valence-corrected chi connectivity index (χ4v) is 6.59. The monoisotopic (exact) mass is 622 g/mol. The molecule has 0 aliphatic carbocycles. The molecule has 2 aromatic carbocycles. The van der Waals surface area contributed by atoms with Crippen LogP contribution < -0.4 is 10.6 Å². The van der Waals surface area contributed by atoms with Crippen LogP contribution in [0, 0.1) is 0 Å². The van der Waals surface area contributed by atoms with Crippen molar-refractivity contribution in [3.63, 3.8) is 0 Å². The second-order valence-corrected chi connectivity index (χ2v) is 12.1. The highest BCUT2D eigenvalue weighted by atomic mass is 16.5. The average Bonchev–Trinajstić information content (AvgIpc) is 3.91. The van der Waals surface area contributed by atoms with Crippen molar-refractivity contribution < 1.29 is 19.1 Å². The van der Waals surface area contributed by atoms with Crippen molar-refractivity contribution in [2.75, 3.05) is 27.3 Å². The molecule has 5 aromatic rings. The number of imidazole rings is 2. The van der Waals surface area contributed by atoms with Crippen molar-refractivity contribution in [2.45, 2.75) is 56.8 Å². The van der Waals surface area contributed by atoms with E-state index >= 15 is 0 Å². The van der Waals surface area contributed by atoms with Gasteiger partial charge in [-0.1, -0.05) is 24.3 Å². The molecule has 5 heterocycles. The Morgan fingerprint density at radius 1 is 0.957 bits per heavy atom. The molecule has 2 aliphatic rings. The molecule has 4 N–H and O–H groups in total. The van der Waals surface area contributed by atoms with E-state index in [2.05, 4.69) is 62.0 Å². The lowest BCUT2D eigenvalue weighted by molar-refractivity contribution is -0.137. The maximum Gasteiger partial charge on any atom is 0.407 e. The van der Waals surface area contributed by atoms with Gasteiger partial charge in [-0.3, -0.25) is 9.78 Å². The molecule has 0 spiro atoms. The van der Waals surface area contributed by atoms with Crippen LogP contribution in [0.1, 0.15) is 56.3 Å². The number of benzene rings is 2. The fraction of sp³-hybridized carbons (Fsp3) is 0.382. The zero-order valence-electron chi connectivity index (χ0n) is 26.2. The second kappa shape index (κ2) is 12.5. The minimum atomic E-state index is -0.883. The smallest absolute Gasteiger partial charge is 0.407 e. The number of nitrogens with zero attached hydrogens (tertiary/aromatic N) is 4. The van der Waals surface area contributed by atoms with Crippen LogP contribution in [0.5, 0.6) is 0 Å². The van der Waals surface area contributed by atoms with Crippen LogP contribution in [0.2, 0.25) is 0 Å². The number of hydrogen-bond donors (Lipinski definition) is 4. The molecule has 238 valence electrons. The Morgan fingerprint density at radius 2 is 1.76 bits per heavy atom. The van der Waals surface area contributed by atoms with Crippen molar-refractivity contribution in [1.29, 1.82) is 0 Å². The molecule has 7 rings (SSSR count). The molecule has 0 bridgehead atoms. The summed E-state index contributed by atoms with van der Waals surface area (Å²) in [5.41, 5.74) is 5.51. The van der Waals surface area contributed by atoms with E-state index in [4.69, 9.17) is 19.4 Å². The van der Waals surface area contributed by atoms with Gasteiger partial charge in [0.05, 0.1) is 54.6 Å². The van der Waals surface area contributed by atoms with Crippen molar-refractivity contribution >= 4 is 33.8 Å². The first kappa shape index (κ1) is 29.9. The quantitative estimate of drug-likeness (QED) is 0.189. The topological polar surface area (TPSA) is 150 Å². The Labute approximate surface area is 266 Å². The van der Waals surface area contributed by atoms with Crippen LogP contribution in [0.3, 0.4) is 0 Å². The Bertz CT molecular complexity index is 1890. The average molecular weight is 623 g/mol. The van der Waals surface area contributed by atoms with E-state index in [1.165, 1.54) is 20.6 Å². The van der Waals surface area contributed by atoms with Crippen molar-refractivity contribution in [3.8, 4) is 22.5 Å². The molecule has 0 unspecified atom stereocenters. The number of likely N-dealkylation sites (tertiary alicyclic amines) is 1. The van der Waals surface area contributed by atoms with Crippen molar-refractivity contribution in [3.05, 3.63) is 66.5 Å². The van der Waals surface area contributed by atoms with E-state index in [0.717, 1.165) is 76.0 Å². The van der Waals surface area contributed by atoms with Gasteiger partial charge in [-0.15, -0.1) is 0 Å². The molecular weight excluding hydrogens is 584 g/mol. The van der Waals surface area contributed by atoms with Crippen LogP contribution >= 0.6 is 0 Å². The van der Waals surface area contributed by atoms with Gasteiger partial charge in [-0.2, -0.15) is 0 Å². The number of pyridine rings is 1. The summed E-state index contributed by atoms with van der Waals surface area (Å²) in [5, 5.41) is 8.38. The summed E-state index contributed by atoms with van der Waals surface area (Å²) >= 11 is 0. The van der Waals surface area contributed by atoms with Crippen LogP contribution in [-0.2, 0) is 14.3 Å². The molecule has 3 aromatic heterocycles. The number of ether oxygens (including phenoxy) is 2. The van der Waals surface area contributed by atoms with Crippen LogP contribution in [-0.4, -0.2) is 81.3 Å². The van der Waals surface area contributed by atoms with Gasteiger partial charge in [-0.25, -0.2) is 14.8 Å². The van der Waals surface area contributed by atoms with Gasteiger partial charge in [-0.05, 0) is 68.1 Å². The SMILES string of the molecule is COC(=O)N[C@H](C(=O)N1CCC[C@H]1c1nc2cnc(-c3ccc4cc(-c5cnc([C@@H]6CCCN6)[nH]5)ccc4c3)cc2[nH]1)[C@@H](C)OC. The number of carbonyl (C=O) groups excluding carboxylic acids is 2. The summed E-state index contributed by atoms with van der Waals surface area (Å²) in [6, 6.07) is 14.0. The van der Waals surface area contributed by atoms with E-state index < -0.39 is 18.2 Å². The summed E-state index contributed by atoms with van der Waals surface area (Å²) in [6.45, 7) is 3.33. The number of nitrogens with one attached hydrogen (secondary N) is 4. The van der Waals surface area contributed by atoms with Gasteiger partial charge < -0.3 is 35.0 Å². The number of fused-ring (bicyclic) bond motifs is 2. The van der Waals surface area contributed by atoms with E-state index in [0.29, 0.717) is 18.4 Å². The minimum Gasteiger partial charge on any atom is -0.453 e. The van der Waals surface area contributed by atoms with E-state index in [9.17, 15) is 9.59 Å². The number of hydrogen-bond acceptors (Lipinski definition) is 8. The van der Waals surface area contributed by atoms with Gasteiger partial charge in [0.1, 0.15) is 23.2 Å². The summed E-state index contributed by atoms with van der Waals surface area (Å²) in [5.74, 6) is 1.46. The normalized spacial score (nSPS) is 19.5. The fourth-order valence-electron chi connectivity index (χ4n) is 6.59. The third kappa shape index (κ3) is 5.69. The third-order valence-electron chi connectivity index (χ3n) is 9.24. The second-order valence-electron chi connectivity index (χ2n) is 12.1. The van der Waals surface area contributed by atoms with Crippen LogP contribution in [0.4, 0.5) is 4.79 Å². The zero-order valence-corrected chi connectivity index (χ0v) is 26.2. The highest BCUT2D eigenvalue weighted by molar-refractivity contribution is 5.91. The molecule has 12 nitrogen and oxygen atoms in total. The first-order valence-electron chi connectivity index (χ1n) is 15.8. The van der Waals surface area contributed by atoms with Crippen molar-refractivity contribution in [2.24, 2.45) is 0 Å². The molecule has 2 saturated heterocycles. The summed E-state index contributed by atoms with van der Waals surface area (Å²) in [4.78, 5) is 48.5.